The summed E-state index contributed by atoms with van der Waals surface area (Å²) in [7, 11) is 0. The fraction of sp³-hybridized carbons (Fsp3) is 0.661. The number of hydrogen-bond acceptors (Lipinski definition) is 8. The fourth-order valence-corrected chi connectivity index (χ4v) is 16.7. The Hall–Kier alpha value is -2.14. The molecule has 0 spiro atoms. The minimum atomic E-state index is -0.0607. The van der Waals surface area contributed by atoms with Gasteiger partial charge in [0, 0.05) is 63.3 Å². The van der Waals surface area contributed by atoms with Gasteiger partial charge in [0.05, 0.1) is 16.0 Å². The monoisotopic (exact) mass is 1020 g/mol. The van der Waals surface area contributed by atoms with Gasteiger partial charge in [0.25, 0.3) is 11.8 Å². The van der Waals surface area contributed by atoms with E-state index in [-0.39, 0.29) is 11.8 Å². The van der Waals surface area contributed by atoms with Crippen molar-refractivity contribution in [2.75, 3.05) is 19.8 Å². The van der Waals surface area contributed by atoms with E-state index in [1.165, 1.54) is 187 Å². The first-order valence-electron chi connectivity index (χ1n) is 27.6. The number of rotatable bonds is 37. The molecule has 6 rings (SSSR count). The van der Waals surface area contributed by atoms with E-state index >= 15 is 0 Å². The van der Waals surface area contributed by atoms with Gasteiger partial charge in [-0.15, -0.1) is 56.7 Å². The minimum Gasteiger partial charge on any atom is -0.381 e. The van der Waals surface area contributed by atoms with Crippen LogP contribution >= 0.6 is 56.7 Å². The fourth-order valence-electron chi connectivity index (χ4n) is 10.2. The highest BCUT2D eigenvalue weighted by atomic mass is 32.1. The lowest BCUT2D eigenvalue weighted by molar-refractivity contribution is 0.0621. The van der Waals surface area contributed by atoms with Gasteiger partial charge in [0.15, 0.2) is 0 Å². The summed E-state index contributed by atoms with van der Waals surface area (Å²) in [5.41, 5.74) is 4.40. The van der Waals surface area contributed by atoms with Gasteiger partial charge >= 0.3 is 0 Å². The lowest BCUT2D eigenvalue weighted by atomic mass is 9.93. The van der Waals surface area contributed by atoms with Crippen molar-refractivity contribution in [2.24, 2.45) is 5.92 Å². The van der Waals surface area contributed by atoms with E-state index in [9.17, 15) is 9.59 Å². The highest BCUT2D eigenvalue weighted by Gasteiger charge is 2.42. The first kappa shape index (κ1) is 55.2. The van der Waals surface area contributed by atoms with Crippen LogP contribution in [0.2, 0.25) is 0 Å². The number of thiophene rings is 5. The van der Waals surface area contributed by atoms with Gasteiger partial charge in [-0.05, 0) is 107 Å². The number of ether oxygens (including phenoxy) is 1. The summed E-state index contributed by atoms with van der Waals surface area (Å²) < 4.78 is 9.04. The molecule has 9 heteroatoms. The Bertz CT molecular complexity index is 2250. The summed E-state index contributed by atoms with van der Waals surface area (Å²) in [6.45, 7) is 15.7. The number of imide groups is 1. The highest BCUT2D eigenvalue weighted by Crippen LogP contribution is 2.53. The van der Waals surface area contributed by atoms with Crippen molar-refractivity contribution in [2.45, 2.75) is 228 Å². The quantitative estimate of drug-likeness (QED) is 0.0294. The number of carbonyl (C=O) groups is 2. The van der Waals surface area contributed by atoms with Crippen molar-refractivity contribution in [3.05, 3.63) is 56.3 Å². The van der Waals surface area contributed by atoms with Crippen LogP contribution in [0.1, 0.15) is 243 Å². The van der Waals surface area contributed by atoms with E-state index in [4.69, 9.17) is 4.74 Å². The maximum Gasteiger partial charge on any atom is 0.263 e. The maximum atomic E-state index is 14.6. The summed E-state index contributed by atoms with van der Waals surface area (Å²) in [4.78, 5) is 40.7. The molecule has 6 heterocycles. The van der Waals surface area contributed by atoms with Crippen LogP contribution in [0.15, 0.2) is 24.3 Å². The van der Waals surface area contributed by atoms with E-state index in [1.807, 2.05) is 45.3 Å². The minimum absolute atomic E-state index is 0.0588. The third-order valence-electron chi connectivity index (χ3n) is 14.2. The summed E-state index contributed by atoms with van der Waals surface area (Å²) in [6.07, 6.45) is 35.9. The van der Waals surface area contributed by atoms with E-state index in [2.05, 4.69) is 65.8 Å². The molecule has 4 nitrogen and oxygen atoms in total. The predicted molar refractivity (Wildman–Crippen MR) is 304 cm³/mol. The molecule has 1 unspecified atom stereocenters. The zero-order chi connectivity index (χ0) is 48.1. The zero-order valence-electron chi connectivity index (χ0n) is 43.2. The zero-order valence-corrected chi connectivity index (χ0v) is 47.3. The smallest absolute Gasteiger partial charge is 0.263 e. The highest BCUT2D eigenvalue weighted by molar-refractivity contribution is 7.34. The third kappa shape index (κ3) is 15.4. The van der Waals surface area contributed by atoms with Gasteiger partial charge < -0.3 is 4.74 Å². The van der Waals surface area contributed by atoms with Crippen molar-refractivity contribution in [1.29, 1.82) is 0 Å². The average molecular weight is 1020 g/mol. The Labute approximate surface area is 433 Å². The molecule has 5 aromatic rings. The van der Waals surface area contributed by atoms with Gasteiger partial charge in [-0.3, -0.25) is 14.5 Å². The molecule has 1 aliphatic rings. The van der Waals surface area contributed by atoms with Gasteiger partial charge in [-0.25, -0.2) is 0 Å². The molecule has 68 heavy (non-hydrogen) atoms. The molecule has 0 bridgehead atoms. The molecule has 0 radical (unpaired) electrons. The molecule has 0 saturated heterocycles. The molecule has 2 amide bonds. The van der Waals surface area contributed by atoms with Crippen LogP contribution in [-0.2, 0) is 17.6 Å². The number of carbonyl (C=O) groups excluding carboxylic acids is 2. The molecule has 376 valence electrons. The number of nitrogens with zero attached hydrogens (tertiary/aromatic N) is 1. The second kappa shape index (κ2) is 30.0. The first-order chi connectivity index (χ1) is 33.3. The van der Waals surface area contributed by atoms with Crippen molar-refractivity contribution >= 4 is 77.9 Å². The molecule has 5 aromatic heterocycles. The van der Waals surface area contributed by atoms with Crippen molar-refractivity contribution < 1.29 is 14.3 Å². The Morgan fingerprint density at radius 3 is 1.40 bits per heavy atom. The number of amides is 2. The van der Waals surface area contributed by atoms with Crippen LogP contribution in [-0.4, -0.2) is 36.5 Å². The Balaban J connectivity index is 1.22. The second-order valence-electron chi connectivity index (χ2n) is 20.0. The summed E-state index contributed by atoms with van der Waals surface area (Å²) in [5.74, 6) is 0.250. The lowest BCUT2D eigenvalue weighted by Gasteiger charge is -2.23. The SMILES string of the molecule is CCCCCCCCCCC(CCCCCCCC)CN1C(=O)c2c(C)sc(-c3ccc(-c4sc5c(CCCCCC)c(-c6ccc(C)s6)sc5c4CCCCCOCCCCCC)s3)c2C1=O. The molecule has 1 atom stereocenters. The molecule has 1 aliphatic heterocycles. The van der Waals surface area contributed by atoms with Crippen LogP contribution in [0.3, 0.4) is 0 Å². The first-order valence-corrected chi connectivity index (χ1v) is 31.7. The lowest BCUT2D eigenvalue weighted by Crippen LogP contribution is -2.35. The molecule has 0 aliphatic carbocycles. The Morgan fingerprint density at radius 2 is 0.882 bits per heavy atom. The molecular weight excluding hydrogens is 931 g/mol. The largest absolute Gasteiger partial charge is 0.381 e. The molecule has 0 saturated carbocycles. The normalized spacial score (nSPS) is 13.3. The average Bonchev–Trinajstić information content (AvgIpc) is 4.20. The summed E-state index contributed by atoms with van der Waals surface area (Å²) in [5, 5.41) is 0. The van der Waals surface area contributed by atoms with E-state index in [1.54, 1.807) is 21.8 Å². The Morgan fingerprint density at radius 1 is 0.456 bits per heavy atom. The van der Waals surface area contributed by atoms with Crippen molar-refractivity contribution in [1.82, 2.24) is 4.90 Å². The number of hydrogen-bond donors (Lipinski definition) is 0. The maximum absolute atomic E-state index is 14.6. The van der Waals surface area contributed by atoms with E-state index < -0.39 is 0 Å². The van der Waals surface area contributed by atoms with Gasteiger partial charge in [-0.2, -0.15) is 0 Å². The Kier molecular flexibility index (Phi) is 24.4. The van der Waals surface area contributed by atoms with Gasteiger partial charge in [0.1, 0.15) is 0 Å². The third-order valence-corrected chi connectivity index (χ3v) is 20.7. The second-order valence-corrected chi connectivity index (χ2v) is 25.6. The van der Waals surface area contributed by atoms with Gasteiger partial charge in [-0.1, -0.05) is 163 Å². The van der Waals surface area contributed by atoms with E-state index in [0.717, 1.165) is 66.4 Å². The van der Waals surface area contributed by atoms with E-state index in [0.29, 0.717) is 23.6 Å². The molecule has 0 N–H and O–H groups in total. The van der Waals surface area contributed by atoms with Crippen LogP contribution in [0, 0.1) is 19.8 Å². The molecule has 0 fully saturated rings. The van der Waals surface area contributed by atoms with Crippen LogP contribution in [0.5, 0.6) is 0 Å². The molecular formula is C59H87NO3S5. The summed E-state index contributed by atoms with van der Waals surface area (Å²) in [6, 6.07) is 9.20. The van der Waals surface area contributed by atoms with Crippen molar-refractivity contribution in [3.8, 4) is 29.3 Å². The number of aryl methyl sites for hydroxylation is 4. The van der Waals surface area contributed by atoms with Crippen LogP contribution in [0.4, 0.5) is 0 Å². The predicted octanol–water partition coefficient (Wildman–Crippen LogP) is 20.7. The van der Waals surface area contributed by atoms with Crippen LogP contribution in [0.25, 0.3) is 38.7 Å². The van der Waals surface area contributed by atoms with Gasteiger partial charge in [0.2, 0.25) is 0 Å². The topological polar surface area (TPSA) is 46.6 Å². The molecule has 0 aromatic carbocycles. The summed E-state index contributed by atoms with van der Waals surface area (Å²) >= 11 is 9.47. The van der Waals surface area contributed by atoms with Crippen LogP contribution < -0.4 is 0 Å². The standard InChI is InChI=1S/C59H87NO3S5/c1-7-11-15-19-21-22-24-27-33-45(32-26-23-20-16-12-8-2)42-60-58(61)51-44(6)65-57(52(51)59(60)62)50-39-38-49(66-50)54-47(35-29-25-31-41-63-40-30-18-14-10-4)56-55(68-54)46(34-28-17-13-9-3)53(67-56)48-37-36-43(5)64-48/h36-39,45H,7-35,40-42H2,1-6H3. The number of fused-ring (bicyclic) bond motifs is 2. The van der Waals surface area contributed by atoms with Crippen molar-refractivity contribution in [3.63, 3.8) is 0 Å². The number of unbranched alkanes of at least 4 members (excludes halogenated alkanes) is 20.